The molecule has 100 valence electrons. The molecule has 0 heterocycles. The van der Waals surface area contributed by atoms with Crippen LogP contribution < -0.4 is 5.73 Å². The molecule has 1 fully saturated rings. The molecule has 0 radical (unpaired) electrons. The molecule has 0 saturated heterocycles. The minimum Gasteiger partial charge on any atom is -0.329 e. The van der Waals surface area contributed by atoms with E-state index in [9.17, 15) is 4.39 Å². The lowest BCUT2D eigenvalue weighted by atomic mass is 10.0. The summed E-state index contributed by atoms with van der Waals surface area (Å²) in [5.74, 6) is -0.127. The summed E-state index contributed by atoms with van der Waals surface area (Å²) in [5, 5.41) is 0. The van der Waals surface area contributed by atoms with Crippen LogP contribution in [-0.2, 0) is 0 Å². The Hall–Kier alpha value is -0.930. The maximum atomic E-state index is 14.0. The smallest absolute Gasteiger partial charge is 0.128 e. The fourth-order valence-electron chi connectivity index (χ4n) is 2.62. The Labute approximate surface area is 109 Å². The lowest BCUT2D eigenvalue weighted by Gasteiger charge is -2.31. The summed E-state index contributed by atoms with van der Waals surface area (Å²) in [6.07, 6.45) is 3.54. The summed E-state index contributed by atoms with van der Waals surface area (Å²) in [6.45, 7) is 5.64. The van der Waals surface area contributed by atoms with Crippen LogP contribution >= 0.6 is 0 Å². The number of nitrogens with zero attached hydrogens (tertiary/aromatic N) is 1. The van der Waals surface area contributed by atoms with Gasteiger partial charge in [0.2, 0.25) is 0 Å². The van der Waals surface area contributed by atoms with Crippen molar-refractivity contribution < 1.29 is 4.39 Å². The predicted molar refractivity (Wildman–Crippen MR) is 73.0 cm³/mol. The van der Waals surface area contributed by atoms with Gasteiger partial charge >= 0.3 is 0 Å². The predicted octanol–water partition coefficient (Wildman–Crippen LogP) is 3.01. The van der Waals surface area contributed by atoms with Crippen molar-refractivity contribution in [3.63, 3.8) is 0 Å². The monoisotopic (exact) mass is 250 g/mol. The Morgan fingerprint density at radius 3 is 2.72 bits per heavy atom. The van der Waals surface area contributed by atoms with E-state index in [1.807, 2.05) is 19.1 Å². The van der Waals surface area contributed by atoms with Crippen LogP contribution in [0.3, 0.4) is 0 Å². The number of nitrogens with two attached hydrogens (primary N) is 1. The van der Waals surface area contributed by atoms with Crippen molar-refractivity contribution in [2.75, 3.05) is 13.1 Å². The molecule has 1 unspecified atom stereocenters. The van der Waals surface area contributed by atoms with E-state index in [1.54, 1.807) is 6.07 Å². The standard InChI is InChI=1S/C15H23FN2/c1-3-8-18(12-5-6-12)15(10-17)13-9-11(2)4-7-14(13)16/h4,7,9,12,15H,3,5-6,8,10,17H2,1-2H3. The van der Waals surface area contributed by atoms with Crippen molar-refractivity contribution in [3.05, 3.63) is 35.1 Å². The number of halogens is 1. The van der Waals surface area contributed by atoms with Gasteiger partial charge in [0.1, 0.15) is 5.82 Å². The van der Waals surface area contributed by atoms with Gasteiger partial charge in [-0.05, 0) is 38.8 Å². The molecule has 18 heavy (non-hydrogen) atoms. The van der Waals surface area contributed by atoms with E-state index in [4.69, 9.17) is 5.73 Å². The molecule has 0 spiro atoms. The molecule has 0 aromatic heterocycles. The number of hydrogen-bond acceptors (Lipinski definition) is 2. The first kappa shape index (κ1) is 13.5. The van der Waals surface area contributed by atoms with Crippen LogP contribution in [0, 0.1) is 12.7 Å². The summed E-state index contributed by atoms with van der Waals surface area (Å²) >= 11 is 0. The van der Waals surface area contributed by atoms with E-state index in [2.05, 4.69) is 11.8 Å². The second-order valence-electron chi connectivity index (χ2n) is 5.25. The van der Waals surface area contributed by atoms with Gasteiger partial charge in [0.25, 0.3) is 0 Å². The minimum atomic E-state index is -0.127. The molecular weight excluding hydrogens is 227 g/mol. The maximum absolute atomic E-state index is 14.0. The third-order valence-electron chi connectivity index (χ3n) is 3.63. The van der Waals surface area contributed by atoms with Gasteiger partial charge in [-0.2, -0.15) is 0 Å². The zero-order chi connectivity index (χ0) is 13.1. The molecule has 2 rings (SSSR count). The SMILES string of the molecule is CCCN(C1CC1)C(CN)c1cc(C)ccc1F. The van der Waals surface area contributed by atoms with Crippen LogP contribution in [0.15, 0.2) is 18.2 Å². The van der Waals surface area contributed by atoms with Crippen LogP contribution in [-0.4, -0.2) is 24.0 Å². The largest absolute Gasteiger partial charge is 0.329 e. The van der Waals surface area contributed by atoms with E-state index in [-0.39, 0.29) is 11.9 Å². The summed E-state index contributed by atoms with van der Waals surface area (Å²) in [4.78, 5) is 2.39. The van der Waals surface area contributed by atoms with Crippen molar-refractivity contribution in [1.82, 2.24) is 4.90 Å². The van der Waals surface area contributed by atoms with Crippen molar-refractivity contribution in [1.29, 1.82) is 0 Å². The number of hydrogen-bond donors (Lipinski definition) is 1. The van der Waals surface area contributed by atoms with Crippen molar-refractivity contribution >= 4 is 0 Å². The van der Waals surface area contributed by atoms with E-state index in [1.165, 1.54) is 12.8 Å². The molecule has 2 nitrogen and oxygen atoms in total. The lowest BCUT2D eigenvalue weighted by molar-refractivity contribution is 0.188. The van der Waals surface area contributed by atoms with Crippen LogP contribution in [0.4, 0.5) is 4.39 Å². The van der Waals surface area contributed by atoms with E-state index in [0.717, 1.165) is 24.1 Å². The quantitative estimate of drug-likeness (QED) is 0.841. The van der Waals surface area contributed by atoms with E-state index in [0.29, 0.717) is 12.6 Å². The molecule has 3 heteroatoms. The zero-order valence-electron chi connectivity index (χ0n) is 11.3. The second-order valence-corrected chi connectivity index (χ2v) is 5.25. The zero-order valence-corrected chi connectivity index (χ0v) is 11.3. The van der Waals surface area contributed by atoms with Crippen molar-refractivity contribution in [2.45, 2.75) is 45.2 Å². The number of aryl methyl sites for hydroxylation is 1. The molecule has 1 aliphatic carbocycles. The molecule has 1 aromatic carbocycles. The van der Waals surface area contributed by atoms with Crippen molar-refractivity contribution in [2.24, 2.45) is 5.73 Å². The highest BCUT2D eigenvalue weighted by Crippen LogP contribution is 2.35. The Morgan fingerprint density at radius 2 is 2.17 bits per heavy atom. The fourth-order valence-corrected chi connectivity index (χ4v) is 2.62. The molecule has 1 aliphatic rings. The molecular formula is C15H23FN2. The number of benzene rings is 1. The van der Waals surface area contributed by atoms with Crippen LogP contribution in [0.5, 0.6) is 0 Å². The minimum absolute atomic E-state index is 0.0253. The highest BCUT2D eigenvalue weighted by atomic mass is 19.1. The van der Waals surface area contributed by atoms with Gasteiger partial charge in [-0.1, -0.05) is 24.6 Å². The molecule has 1 atom stereocenters. The summed E-state index contributed by atoms with van der Waals surface area (Å²) in [5.41, 5.74) is 7.77. The first-order chi connectivity index (χ1) is 8.67. The van der Waals surface area contributed by atoms with E-state index >= 15 is 0 Å². The van der Waals surface area contributed by atoms with Gasteiger partial charge in [-0.25, -0.2) is 4.39 Å². The fraction of sp³-hybridized carbons (Fsp3) is 0.600. The van der Waals surface area contributed by atoms with Gasteiger partial charge in [0, 0.05) is 18.2 Å². The average Bonchev–Trinajstić information content (AvgIpc) is 3.17. The van der Waals surface area contributed by atoms with Crippen LogP contribution in [0.2, 0.25) is 0 Å². The lowest BCUT2D eigenvalue weighted by Crippen LogP contribution is -2.36. The van der Waals surface area contributed by atoms with Crippen LogP contribution in [0.1, 0.15) is 43.4 Å². The normalized spacial score (nSPS) is 17.2. The van der Waals surface area contributed by atoms with Gasteiger partial charge in [0.15, 0.2) is 0 Å². The van der Waals surface area contributed by atoms with Gasteiger partial charge < -0.3 is 5.73 Å². The first-order valence-electron chi connectivity index (χ1n) is 6.89. The third kappa shape index (κ3) is 2.90. The summed E-state index contributed by atoms with van der Waals surface area (Å²) < 4.78 is 14.0. The van der Waals surface area contributed by atoms with Crippen LogP contribution in [0.25, 0.3) is 0 Å². The molecule has 1 aromatic rings. The molecule has 1 saturated carbocycles. The van der Waals surface area contributed by atoms with Crippen molar-refractivity contribution in [3.8, 4) is 0 Å². The first-order valence-corrected chi connectivity index (χ1v) is 6.89. The second kappa shape index (κ2) is 5.81. The maximum Gasteiger partial charge on any atom is 0.128 e. The molecule has 2 N–H and O–H groups in total. The highest BCUT2D eigenvalue weighted by molar-refractivity contribution is 5.27. The molecule has 0 bridgehead atoms. The van der Waals surface area contributed by atoms with Gasteiger partial charge in [-0.3, -0.25) is 4.90 Å². The molecule has 0 amide bonds. The topological polar surface area (TPSA) is 29.3 Å². The van der Waals surface area contributed by atoms with Gasteiger partial charge in [0.05, 0.1) is 6.04 Å². The van der Waals surface area contributed by atoms with Gasteiger partial charge in [-0.15, -0.1) is 0 Å². The van der Waals surface area contributed by atoms with E-state index < -0.39 is 0 Å². The Morgan fingerprint density at radius 1 is 1.44 bits per heavy atom. The Kier molecular flexibility index (Phi) is 4.36. The average molecular weight is 250 g/mol. The number of rotatable bonds is 6. The Balaban J connectivity index is 2.27. The third-order valence-corrected chi connectivity index (χ3v) is 3.63. The Bertz CT molecular complexity index is 401. The summed E-state index contributed by atoms with van der Waals surface area (Å²) in [6, 6.07) is 5.95. The highest BCUT2D eigenvalue weighted by Gasteiger charge is 2.34. The summed E-state index contributed by atoms with van der Waals surface area (Å²) in [7, 11) is 0. The molecule has 0 aliphatic heterocycles.